The summed E-state index contributed by atoms with van der Waals surface area (Å²) in [6, 6.07) is 7.24. The molecular weight excluding hydrogens is 248 g/mol. The lowest BCUT2D eigenvalue weighted by atomic mass is 10.1. The summed E-state index contributed by atoms with van der Waals surface area (Å²) in [5.74, 6) is 0.495. The normalized spacial score (nSPS) is 19.3. The van der Waals surface area contributed by atoms with E-state index in [1.807, 2.05) is 45.0 Å². The lowest BCUT2D eigenvalue weighted by molar-refractivity contribution is 0.238. The molecule has 2 rings (SSSR count). The van der Waals surface area contributed by atoms with Crippen LogP contribution in [0.1, 0.15) is 20.8 Å². The van der Waals surface area contributed by atoms with Crippen LogP contribution in [0.2, 0.25) is 0 Å². The smallest absolute Gasteiger partial charge is 0.322 e. The monoisotopic (exact) mass is 266 g/mol. The third kappa shape index (κ3) is 2.72. The van der Waals surface area contributed by atoms with Crippen LogP contribution in [0.5, 0.6) is 0 Å². The lowest BCUT2D eigenvalue weighted by Crippen LogP contribution is -2.51. The van der Waals surface area contributed by atoms with Crippen LogP contribution in [0.15, 0.2) is 29.2 Å². The number of anilines is 1. The number of fused-ring (bicyclic) bond motifs is 1. The van der Waals surface area contributed by atoms with Crippen molar-refractivity contribution >= 4 is 22.5 Å². The van der Waals surface area contributed by atoms with E-state index in [1.54, 1.807) is 4.90 Å². The van der Waals surface area contributed by atoms with Gasteiger partial charge in [0.2, 0.25) is 0 Å². The van der Waals surface area contributed by atoms with Gasteiger partial charge in [-0.15, -0.1) is 0 Å². The molecule has 2 amide bonds. The number of urea groups is 1. The van der Waals surface area contributed by atoms with Crippen molar-refractivity contribution in [3.63, 3.8) is 0 Å². The third-order valence-corrected chi connectivity index (χ3v) is 4.02. The molecule has 4 nitrogen and oxygen atoms in total. The molecule has 5 heteroatoms. The summed E-state index contributed by atoms with van der Waals surface area (Å²) in [5.41, 5.74) is 0.478. The molecule has 1 unspecified atom stereocenters. The second-order valence-electron chi connectivity index (χ2n) is 5.35. The van der Waals surface area contributed by atoms with Gasteiger partial charge in [0.1, 0.15) is 0 Å². The predicted molar refractivity (Wildman–Crippen MR) is 73.3 cm³/mol. The maximum Gasteiger partial charge on any atom is 0.322 e. The number of carbonyl (C=O) groups excluding carboxylic acids is 1. The van der Waals surface area contributed by atoms with Crippen LogP contribution in [-0.4, -0.2) is 28.1 Å². The first-order valence-corrected chi connectivity index (χ1v) is 7.27. The van der Waals surface area contributed by atoms with Crippen molar-refractivity contribution in [1.29, 1.82) is 0 Å². The molecule has 1 aliphatic rings. The summed E-state index contributed by atoms with van der Waals surface area (Å²) in [5, 5.41) is 2.93. The maximum absolute atomic E-state index is 12.2. The van der Waals surface area contributed by atoms with Crippen LogP contribution < -0.4 is 10.2 Å². The number of amides is 2. The Hall–Kier alpha value is -1.36. The summed E-state index contributed by atoms with van der Waals surface area (Å²) >= 11 is 0. The van der Waals surface area contributed by atoms with E-state index in [-0.39, 0.29) is 11.6 Å². The predicted octanol–water partition coefficient (Wildman–Crippen LogP) is 2.12. The van der Waals surface area contributed by atoms with Crippen LogP contribution in [0.3, 0.4) is 0 Å². The number of benzene rings is 1. The van der Waals surface area contributed by atoms with Crippen molar-refractivity contribution in [2.45, 2.75) is 31.2 Å². The third-order valence-electron chi connectivity index (χ3n) is 2.63. The van der Waals surface area contributed by atoms with Gasteiger partial charge in [-0.1, -0.05) is 12.1 Å². The van der Waals surface area contributed by atoms with Gasteiger partial charge in [-0.25, -0.2) is 4.79 Å². The van der Waals surface area contributed by atoms with E-state index >= 15 is 0 Å². The summed E-state index contributed by atoms with van der Waals surface area (Å²) in [6.45, 7) is 6.32. The Morgan fingerprint density at radius 3 is 2.67 bits per heavy atom. The van der Waals surface area contributed by atoms with Crippen molar-refractivity contribution in [1.82, 2.24) is 5.32 Å². The highest BCUT2D eigenvalue weighted by atomic mass is 32.2. The Kier molecular flexibility index (Phi) is 3.43. The van der Waals surface area contributed by atoms with Crippen molar-refractivity contribution in [3.05, 3.63) is 24.3 Å². The van der Waals surface area contributed by atoms with Gasteiger partial charge in [0.25, 0.3) is 0 Å². The summed E-state index contributed by atoms with van der Waals surface area (Å²) < 4.78 is 11.9. The molecule has 98 valence electrons. The SMILES string of the molecule is CC(C)(C)NC(=O)N1CCS(=O)c2ccccc21. The molecule has 18 heavy (non-hydrogen) atoms. The van der Waals surface area contributed by atoms with E-state index in [1.165, 1.54) is 0 Å². The quantitative estimate of drug-likeness (QED) is 0.782. The zero-order valence-corrected chi connectivity index (χ0v) is 11.7. The fourth-order valence-corrected chi connectivity index (χ4v) is 3.09. The van der Waals surface area contributed by atoms with Crippen LogP contribution in [0.4, 0.5) is 10.5 Å². The van der Waals surface area contributed by atoms with Crippen molar-refractivity contribution in [3.8, 4) is 0 Å². The fourth-order valence-electron chi connectivity index (χ4n) is 1.88. The Balaban J connectivity index is 2.29. The van der Waals surface area contributed by atoms with Crippen LogP contribution in [0.25, 0.3) is 0 Å². The van der Waals surface area contributed by atoms with E-state index in [0.29, 0.717) is 12.3 Å². The number of nitrogens with zero attached hydrogens (tertiary/aromatic N) is 1. The van der Waals surface area contributed by atoms with Gasteiger partial charge in [0.05, 0.1) is 21.4 Å². The fraction of sp³-hybridized carbons (Fsp3) is 0.462. The maximum atomic E-state index is 12.2. The largest absolute Gasteiger partial charge is 0.333 e. The highest BCUT2D eigenvalue weighted by molar-refractivity contribution is 7.85. The first-order chi connectivity index (χ1) is 8.38. The van der Waals surface area contributed by atoms with Gasteiger partial charge in [0.15, 0.2) is 0 Å². The minimum Gasteiger partial charge on any atom is -0.333 e. The van der Waals surface area contributed by atoms with Gasteiger partial charge in [-0.2, -0.15) is 0 Å². The number of hydrogen-bond acceptors (Lipinski definition) is 2. The van der Waals surface area contributed by atoms with Crippen LogP contribution in [-0.2, 0) is 10.8 Å². The molecule has 1 aromatic rings. The molecule has 1 heterocycles. The minimum atomic E-state index is -0.997. The summed E-state index contributed by atoms with van der Waals surface area (Å²) in [4.78, 5) is 14.6. The van der Waals surface area contributed by atoms with Gasteiger partial charge in [-0.3, -0.25) is 9.11 Å². The van der Waals surface area contributed by atoms with Crippen molar-refractivity contribution in [2.24, 2.45) is 0 Å². The molecule has 1 N–H and O–H groups in total. The first-order valence-electron chi connectivity index (χ1n) is 5.95. The lowest BCUT2D eigenvalue weighted by Gasteiger charge is -2.32. The molecule has 0 saturated carbocycles. The molecule has 0 fully saturated rings. The number of hydrogen-bond donors (Lipinski definition) is 1. The highest BCUT2D eigenvalue weighted by Gasteiger charge is 2.27. The number of rotatable bonds is 0. The summed E-state index contributed by atoms with van der Waals surface area (Å²) in [6.07, 6.45) is 0. The van der Waals surface area contributed by atoms with Gasteiger partial charge < -0.3 is 5.32 Å². The Bertz CT molecular complexity index is 494. The zero-order chi connectivity index (χ0) is 13.3. The molecule has 0 aromatic heterocycles. The van der Waals surface area contributed by atoms with E-state index < -0.39 is 10.8 Å². The molecular formula is C13H18N2O2S. The number of carbonyl (C=O) groups is 1. The molecule has 1 aromatic carbocycles. The average molecular weight is 266 g/mol. The second kappa shape index (κ2) is 4.72. The van der Waals surface area contributed by atoms with E-state index in [9.17, 15) is 9.00 Å². The highest BCUT2D eigenvalue weighted by Crippen LogP contribution is 2.28. The first kappa shape index (κ1) is 13.1. The molecule has 0 spiro atoms. The molecule has 1 atom stereocenters. The van der Waals surface area contributed by atoms with Gasteiger partial charge in [0, 0.05) is 17.8 Å². The van der Waals surface area contributed by atoms with Gasteiger partial charge in [-0.05, 0) is 32.9 Å². The van der Waals surface area contributed by atoms with Crippen molar-refractivity contribution in [2.75, 3.05) is 17.2 Å². The standard InChI is InChI=1S/C13H18N2O2S/c1-13(2,3)14-12(16)15-8-9-18(17)11-7-5-4-6-10(11)15/h4-7H,8-9H2,1-3H3,(H,14,16). The minimum absolute atomic E-state index is 0.133. The second-order valence-corrected chi connectivity index (χ2v) is 6.89. The topological polar surface area (TPSA) is 49.4 Å². The summed E-state index contributed by atoms with van der Waals surface area (Å²) in [7, 11) is -0.997. The molecule has 0 aliphatic carbocycles. The Labute approximate surface area is 110 Å². The van der Waals surface area contributed by atoms with Crippen LogP contribution in [0, 0.1) is 0 Å². The van der Waals surface area contributed by atoms with E-state index in [2.05, 4.69) is 5.32 Å². The molecule has 0 radical (unpaired) electrons. The number of nitrogens with one attached hydrogen (secondary N) is 1. The molecule has 1 aliphatic heterocycles. The van der Waals surface area contributed by atoms with E-state index in [4.69, 9.17) is 0 Å². The van der Waals surface area contributed by atoms with Crippen LogP contribution >= 0.6 is 0 Å². The Morgan fingerprint density at radius 1 is 1.33 bits per heavy atom. The van der Waals surface area contributed by atoms with Gasteiger partial charge >= 0.3 is 6.03 Å². The Morgan fingerprint density at radius 2 is 2.00 bits per heavy atom. The molecule has 0 saturated heterocycles. The average Bonchev–Trinajstić information content (AvgIpc) is 2.27. The number of para-hydroxylation sites is 1. The van der Waals surface area contributed by atoms with Crippen molar-refractivity contribution < 1.29 is 9.00 Å². The zero-order valence-electron chi connectivity index (χ0n) is 10.9. The molecule has 0 bridgehead atoms. The van der Waals surface area contributed by atoms with E-state index in [0.717, 1.165) is 10.6 Å².